The summed E-state index contributed by atoms with van der Waals surface area (Å²) in [5, 5.41) is 12.6. The molecule has 3 amide bonds. The second kappa shape index (κ2) is 11.5. The SMILES string of the molecule is CNC(=O)Nc1ccc(S(=O)(=O)N2CCC(c3ccn4nc(C)c(C(=O)NCc5ccccc5)c4c3)CC2)cc1. The summed E-state index contributed by atoms with van der Waals surface area (Å²) in [5.41, 5.74) is 4.53. The van der Waals surface area contributed by atoms with E-state index in [0.29, 0.717) is 49.4 Å². The van der Waals surface area contributed by atoms with Gasteiger partial charge in [0.2, 0.25) is 10.0 Å². The molecule has 0 radical (unpaired) electrons. The van der Waals surface area contributed by atoms with Gasteiger partial charge in [-0.3, -0.25) is 4.79 Å². The zero-order valence-corrected chi connectivity index (χ0v) is 23.2. The van der Waals surface area contributed by atoms with Crippen LogP contribution in [0.1, 0.15) is 45.9 Å². The minimum Gasteiger partial charge on any atom is -0.348 e. The van der Waals surface area contributed by atoms with Gasteiger partial charge in [0.15, 0.2) is 0 Å². The molecule has 208 valence electrons. The number of piperidine rings is 1. The molecule has 0 spiro atoms. The van der Waals surface area contributed by atoms with Gasteiger partial charge in [-0.1, -0.05) is 30.3 Å². The van der Waals surface area contributed by atoms with Crippen LogP contribution in [0.25, 0.3) is 5.52 Å². The summed E-state index contributed by atoms with van der Waals surface area (Å²) >= 11 is 0. The summed E-state index contributed by atoms with van der Waals surface area (Å²) < 4.78 is 29.7. The molecule has 3 N–H and O–H groups in total. The number of anilines is 1. The molecule has 11 heteroatoms. The van der Waals surface area contributed by atoms with Crippen molar-refractivity contribution in [1.82, 2.24) is 24.6 Å². The first kappa shape index (κ1) is 27.4. The molecule has 1 saturated heterocycles. The molecular formula is C29H32N6O4S. The van der Waals surface area contributed by atoms with Gasteiger partial charge in [-0.05, 0) is 73.2 Å². The number of hydrogen-bond donors (Lipinski definition) is 3. The number of nitrogens with zero attached hydrogens (tertiary/aromatic N) is 3. The van der Waals surface area contributed by atoms with Gasteiger partial charge in [0, 0.05) is 38.6 Å². The number of hydrogen-bond acceptors (Lipinski definition) is 5. The molecule has 1 fully saturated rings. The minimum atomic E-state index is -3.66. The van der Waals surface area contributed by atoms with Crippen molar-refractivity contribution in [3.8, 4) is 0 Å². The number of aromatic nitrogens is 2. The molecule has 5 rings (SSSR count). The number of aryl methyl sites for hydroxylation is 1. The molecular weight excluding hydrogens is 528 g/mol. The van der Waals surface area contributed by atoms with Gasteiger partial charge in [0.25, 0.3) is 5.91 Å². The van der Waals surface area contributed by atoms with E-state index in [2.05, 4.69) is 21.0 Å². The van der Waals surface area contributed by atoms with Gasteiger partial charge in [-0.2, -0.15) is 9.40 Å². The number of urea groups is 1. The third kappa shape index (κ3) is 5.70. The van der Waals surface area contributed by atoms with E-state index in [1.165, 1.54) is 23.5 Å². The summed E-state index contributed by atoms with van der Waals surface area (Å²) in [4.78, 5) is 24.8. The number of amides is 3. The smallest absolute Gasteiger partial charge is 0.318 e. The maximum Gasteiger partial charge on any atom is 0.318 e. The Balaban J connectivity index is 1.27. The first-order chi connectivity index (χ1) is 19.3. The Labute approximate surface area is 233 Å². The molecule has 3 heterocycles. The number of pyridine rings is 1. The maximum absolute atomic E-state index is 13.3. The number of carbonyl (C=O) groups excluding carboxylic acids is 2. The lowest BCUT2D eigenvalue weighted by atomic mass is 9.90. The Hall–Kier alpha value is -4.22. The summed E-state index contributed by atoms with van der Waals surface area (Å²) in [7, 11) is -2.15. The van der Waals surface area contributed by atoms with Crippen molar-refractivity contribution >= 4 is 33.2 Å². The molecule has 1 aliphatic heterocycles. The van der Waals surface area contributed by atoms with Crippen LogP contribution >= 0.6 is 0 Å². The fourth-order valence-electron chi connectivity index (χ4n) is 5.06. The van der Waals surface area contributed by atoms with Gasteiger partial charge in [0.1, 0.15) is 0 Å². The van der Waals surface area contributed by atoms with E-state index in [4.69, 9.17) is 0 Å². The average molecular weight is 561 g/mol. The minimum absolute atomic E-state index is 0.158. The molecule has 0 atom stereocenters. The lowest BCUT2D eigenvalue weighted by Gasteiger charge is -2.31. The van der Waals surface area contributed by atoms with E-state index < -0.39 is 10.0 Å². The molecule has 1 aliphatic rings. The second-order valence-electron chi connectivity index (χ2n) is 9.83. The largest absolute Gasteiger partial charge is 0.348 e. The number of benzene rings is 2. The monoisotopic (exact) mass is 560 g/mol. The second-order valence-corrected chi connectivity index (χ2v) is 11.8. The lowest BCUT2D eigenvalue weighted by Crippen LogP contribution is -2.37. The molecule has 0 aliphatic carbocycles. The van der Waals surface area contributed by atoms with Crippen molar-refractivity contribution in [2.45, 2.75) is 37.1 Å². The van der Waals surface area contributed by atoms with Gasteiger partial charge in [-0.25, -0.2) is 17.7 Å². The Morgan fingerprint density at radius 2 is 1.70 bits per heavy atom. The van der Waals surface area contributed by atoms with Crippen LogP contribution in [0.2, 0.25) is 0 Å². The molecule has 2 aromatic heterocycles. The summed E-state index contributed by atoms with van der Waals surface area (Å²) in [6, 6.07) is 19.5. The van der Waals surface area contributed by atoms with Crippen LogP contribution in [-0.2, 0) is 16.6 Å². The Morgan fingerprint density at radius 3 is 2.38 bits per heavy atom. The van der Waals surface area contributed by atoms with E-state index in [0.717, 1.165) is 16.6 Å². The summed E-state index contributed by atoms with van der Waals surface area (Å²) in [5.74, 6) is -0.0167. The standard InChI is InChI=1S/C29H32N6O4S/c1-20-27(28(36)31-19-21-6-4-3-5-7-21)26-18-23(14-17-35(26)33-20)22-12-15-34(16-13-22)40(38,39)25-10-8-24(9-11-25)32-29(37)30-2/h3-11,14,17-18,22H,12-13,15-16,19H2,1-2H3,(H,31,36)(H2,30,32,37). The quantitative estimate of drug-likeness (QED) is 0.316. The van der Waals surface area contributed by atoms with E-state index in [9.17, 15) is 18.0 Å². The number of rotatable bonds is 7. The number of nitrogens with one attached hydrogen (secondary N) is 3. The lowest BCUT2D eigenvalue weighted by molar-refractivity contribution is 0.0952. The fraction of sp³-hybridized carbons (Fsp3) is 0.276. The van der Waals surface area contributed by atoms with Gasteiger partial charge >= 0.3 is 6.03 Å². The number of sulfonamides is 1. The molecule has 0 bridgehead atoms. The van der Waals surface area contributed by atoms with Crippen LogP contribution in [0, 0.1) is 6.92 Å². The van der Waals surface area contributed by atoms with Crippen molar-refractivity contribution in [2.24, 2.45) is 0 Å². The van der Waals surface area contributed by atoms with Crippen molar-refractivity contribution in [3.05, 3.63) is 95.3 Å². The van der Waals surface area contributed by atoms with Crippen LogP contribution in [0.3, 0.4) is 0 Å². The van der Waals surface area contributed by atoms with Gasteiger partial charge in [0.05, 0.1) is 21.7 Å². The van der Waals surface area contributed by atoms with Crippen LogP contribution in [-0.4, -0.2) is 54.4 Å². The zero-order valence-electron chi connectivity index (χ0n) is 22.4. The van der Waals surface area contributed by atoms with E-state index in [-0.39, 0.29) is 22.8 Å². The van der Waals surface area contributed by atoms with Crippen LogP contribution in [0.4, 0.5) is 10.5 Å². The van der Waals surface area contributed by atoms with Crippen LogP contribution in [0.5, 0.6) is 0 Å². The highest BCUT2D eigenvalue weighted by Gasteiger charge is 2.30. The number of fused-ring (bicyclic) bond motifs is 1. The Morgan fingerprint density at radius 1 is 1.00 bits per heavy atom. The molecule has 0 unspecified atom stereocenters. The van der Waals surface area contributed by atoms with Gasteiger partial charge < -0.3 is 16.0 Å². The van der Waals surface area contributed by atoms with Crippen molar-refractivity contribution in [2.75, 3.05) is 25.5 Å². The van der Waals surface area contributed by atoms with E-state index in [1.54, 1.807) is 16.6 Å². The van der Waals surface area contributed by atoms with E-state index in [1.807, 2.05) is 55.6 Å². The third-order valence-corrected chi connectivity index (χ3v) is 9.17. The predicted octanol–water partition coefficient (Wildman–Crippen LogP) is 3.89. The Bertz CT molecular complexity index is 1630. The number of carbonyl (C=O) groups is 2. The topological polar surface area (TPSA) is 125 Å². The normalized spacial score (nSPS) is 14.7. The first-order valence-corrected chi connectivity index (χ1v) is 14.6. The van der Waals surface area contributed by atoms with Crippen LogP contribution in [0.15, 0.2) is 77.8 Å². The molecule has 40 heavy (non-hydrogen) atoms. The molecule has 0 saturated carbocycles. The third-order valence-electron chi connectivity index (χ3n) is 7.26. The zero-order chi connectivity index (χ0) is 28.3. The highest BCUT2D eigenvalue weighted by Crippen LogP contribution is 2.32. The molecule has 10 nitrogen and oxygen atoms in total. The Kier molecular flexibility index (Phi) is 7.85. The predicted molar refractivity (Wildman–Crippen MR) is 153 cm³/mol. The first-order valence-electron chi connectivity index (χ1n) is 13.2. The summed E-state index contributed by atoms with van der Waals surface area (Å²) in [6.45, 7) is 3.03. The van der Waals surface area contributed by atoms with Crippen molar-refractivity contribution < 1.29 is 18.0 Å². The highest BCUT2D eigenvalue weighted by atomic mass is 32.2. The summed E-state index contributed by atoms with van der Waals surface area (Å²) in [6.07, 6.45) is 3.19. The van der Waals surface area contributed by atoms with Crippen LogP contribution < -0.4 is 16.0 Å². The molecule has 4 aromatic rings. The average Bonchev–Trinajstić information content (AvgIpc) is 3.31. The van der Waals surface area contributed by atoms with Crippen molar-refractivity contribution in [1.29, 1.82) is 0 Å². The maximum atomic E-state index is 13.3. The molecule has 2 aromatic carbocycles. The van der Waals surface area contributed by atoms with Gasteiger partial charge in [-0.15, -0.1) is 0 Å². The highest BCUT2D eigenvalue weighted by molar-refractivity contribution is 7.89. The fourth-order valence-corrected chi connectivity index (χ4v) is 6.53. The van der Waals surface area contributed by atoms with Crippen molar-refractivity contribution in [3.63, 3.8) is 0 Å². The van der Waals surface area contributed by atoms with E-state index >= 15 is 0 Å².